The van der Waals surface area contributed by atoms with Gasteiger partial charge in [0.05, 0.1) is 13.2 Å². The van der Waals surface area contributed by atoms with Gasteiger partial charge in [0.15, 0.2) is 0 Å². The van der Waals surface area contributed by atoms with E-state index in [2.05, 4.69) is 4.74 Å². The molecule has 2 atom stereocenters. The average molecular weight is 305 g/mol. The molecule has 0 aliphatic carbocycles. The fourth-order valence-electron chi connectivity index (χ4n) is 2.67. The number of alkyl halides is 3. The highest BCUT2D eigenvalue weighted by Gasteiger charge is 2.33. The highest BCUT2D eigenvalue weighted by atomic mass is 19.4. The first kappa shape index (κ1) is 16.1. The van der Waals surface area contributed by atoms with Crippen LogP contribution < -0.4 is 4.74 Å². The highest BCUT2D eigenvalue weighted by Crippen LogP contribution is 2.27. The summed E-state index contributed by atoms with van der Waals surface area (Å²) in [7, 11) is 0. The number of rotatable bonds is 5. The second-order valence-corrected chi connectivity index (χ2v) is 5.11. The zero-order valence-corrected chi connectivity index (χ0v) is 11.4. The summed E-state index contributed by atoms with van der Waals surface area (Å²) in [6.07, 6.45) is -3.09. The second kappa shape index (κ2) is 6.64. The quantitative estimate of drug-likeness (QED) is 0.872. The first-order valence-corrected chi connectivity index (χ1v) is 6.75. The van der Waals surface area contributed by atoms with Gasteiger partial charge in [-0.3, -0.25) is 4.90 Å². The molecule has 0 radical (unpaired) electrons. The monoisotopic (exact) mass is 305 g/mol. The number of aliphatic hydroxyl groups is 2. The molecule has 1 saturated heterocycles. The molecule has 0 aromatic heterocycles. The third-order valence-corrected chi connectivity index (χ3v) is 3.71. The van der Waals surface area contributed by atoms with Crippen molar-refractivity contribution < 1.29 is 28.1 Å². The second-order valence-electron chi connectivity index (χ2n) is 5.11. The van der Waals surface area contributed by atoms with Crippen LogP contribution in [-0.2, 0) is 6.54 Å². The van der Waals surface area contributed by atoms with Crippen molar-refractivity contribution in [2.45, 2.75) is 37.8 Å². The van der Waals surface area contributed by atoms with E-state index in [9.17, 15) is 23.4 Å². The highest BCUT2D eigenvalue weighted by molar-refractivity contribution is 5.27. The Morgan fingerprint density at radius 2 is 1.57 bits per heavy atom. The lowest BCUT2D eigenvalue weighted by molar-refractivity contribution is -0.274. The molecule has 1 aromatic rings. The van der Waals surface area contributed by atoms with Crippen molar-refractivity contribution in [2.75, 3.05) is 13.2 Å². The van der Waals surface area contributed by atoms with Crippen LogP contribution in [0.15, 0.2) is 24.3 Å². The van der Waals surface area contributed by atoms with Crippen LogP contribution in [-0.4, -0.2) is 46.8 Å². The SMILES string of the molecule is OC[C@H]1CC[C@H](CO)N1Cc1ccc(OC(F)(F)F)cc1. The third-order valence-electron chi connectivity index (χ3n) is 3.71. The summed E-state index contributed by atoms with van der Waals surface area (Å²) in [5, 5.41) is 18.7. The van der Waals surface area contributed by atoms with Crippen molar-refractivity contribution in [1.82, 2.24) is 4.90 Å². The Bertz CT molecular complexity index is 438. The minimum atomic E-state index is -4.69. The van der Waals surface area contributed by atoms with Crippen LogP contribution in [0.25, 0.3) is 0 Å². The summed E-state index contributed by atoms with van der Waals surface area (Å²) < 4.78 is 40.1. The van der Waals surface area contributed by atoms with E-state index in [0.29, 0.717) is 6.54 Å². The molecule has 0 bridgehead atoms. The zero-order valence-electron chi connectivity index (χ0n) is 11.4. The standard InChI is InChI=1S/C14H18F3NO3/c15-14(16,17)21-13-5-1-10(2-6-13)7-18-11(8-19)3-4-12(18)9-20/h1-2,5-6,11-12,19-20H,3-4,7-9H2/t11-,12-/m1/s1. The van der Waals surface area contributed by atoms with Gasteiger partial charge in [-0.2, -0.15) is 0 Å². The lowest BCUT2D eigenvalue weighted by Crippen LogP contribution is -2.39. The Morgan fingerprint density at radius 1 is 1.05 bits per heavy atom. The lowest BCUT2D eigenvalue weighted by Gasteiger charge is -2.28. The Morgan fingerprint density at radius 3 is 2.00 bits per heavy atom. The number of hydrogen-bond donors (Lipinski definition) is 2. The van der Waals surface area contributed by atoms with Gasteiger partial charge >= 0.3 is 6.36 Å². The topological polar surface area (TPSA) is 52.9 Å². The number of ether oxygens (including phenoxy) is 1. The van der Waals surface area contributed by atoms with E-state index >= 15 is 0 Å². The molecule has 118 valence electrons. The van der Waals surface area contributed by atoms with Crippen molar-refractivity contribution in [3.63, 3.8) is 0 Å². The fourth-order valence-corrected chi connectivity index (χ4v) is 2.67. The molecule has 0 amide bonds. The fraction of sp³-hybridized carbons (Fsp3) is 0.571. The van der Waals surface area contributed by atoms with E-state index in [1.807, 2.05) is 4.90 Å². The van der Waals surface area contributed by atoms with Gasteiger partial charge in [0.1, 0.15) is 5.75 Å². The average Bonchev–Trinajstić information content (AvgIpc) is 2.81. The molecule has 1 aromatic carbocycles. The smallest absolute Gasteiger partial charge is 0.406 e. The molecule has 1 heterocycles. The van der Waals surface area contributed by atoms with E-state index in [4.69, 9.17) is 0 Å². The molecule has 4 nitrogen and oxygen atoms in total. The molecular weight excluding hydrogens is 287 g/mol. The molecule has 0 spiro atoms. The zero-order chi connectivity index (χ0) is 15.5. The van der Waals surface area contributed by atoms with Crippen molar-refractivity contribution in [1.29, 1.82) is 0 Å². The van der Waals surface area contributed by atoms with Gasteiger partial charge in [0.25, 0.3) is 0 Å². The maximum absolute atomic E-state index is 12.1. The predicted molar refractivity (Wildman–Crippen MR) is 69.6 cm³/mol. The first-order chi connectivity index (χ1) is 9.93. The number of likely N-dealkylation sites (tertiary alicyclic amines) is 1. The van der Waals surface area contributed by atoms with Gasteiger partial charge < -0.3 is 14.9 Å². The van der Waals surface area contributed by atoms with Gasteiger partial charge in [0, 0.05) is 18.6 Å². The van der Waals surface area contributed by atoms with E-state index in [1.165, 1.54) is 12.1 Å². The molecule has 0 saturated carbocycles. The minimum Gasteiger partial charge on any atom is -0.406 e. The van der Waals surface area contributed by atoms with Gasteiger partial charge in [-0.05, 0) is 30.5 Å². The van der Waals surface area contributed by atoms with Crippen LogP contribution in [0.5, 0.6) is 5.75 Å². The van der Waals surface area contributed by atoms with Crippen LogP contribution in [0.2, 0.25) is 0 Å². The number of halogens is 3. The number of nitrogens with zero attached hydrogens (tertiary/aromatic N) is 1. The van der Waals surface area contributed by atoms with Gasteiger partial charge in [-0.1, -0.05) is 12.1 Å². The van der Waals surface area contributed by atoms with Crippen molar-refractivity contribution in [3.05, 3.63) is 29.8 Å². The van der Waals surface area contributed by atoms with Crippen LogP contribution in [0, 0.1) is 0 Å². The molecule has 0 unspecified atom stereocenters. The largest absolute Gasteiger partial charge is 0.573 e. The third kappa shape index (κ3) is 4.33. The summed E-state index contributed by atoms with van der Waals surface area (Å²) in [6.45, 7) is 0.486. The molecule has 7 heteroatoms. The maximum Gasteiger partial charge on any atom is 0.573 e. The van der Waals surface area contributed by atoms with Crippen molar-refractivity contribution >= 4 is 0 Å². The Hall–Kier alpha value is -1.31. The van der Waals surface area contributed by atoms with E-state index in [-0.39, 0.29) is 31.0 Å². The van der Waals surface area contributed by atoms with Crippen LogP contribution in [0.1, 0.15) is 18.4 Å². The lowest BCUT2D eigenvalue weighted by atomic mass is 10.1. The Balaban J connectivity index is 2.02. The molecule has 1 aliphatic rings. The van der Waals surface area contributed by atoms with E-state index < -0.39 is 6.36 Å². The minimum absolute atomic E-state index is 0.00572. The number of hydrogen-bond acceptors (Lipinski definition) is 4. The van der Waals surface area contributed by atoms with Crippen molar-refractivity contribution in [2.24, 2.45) is 0 Å². The molecular formula is C14H18F3NO3. The summed E-state index contributed by atoms with van der Waals surface area (Å²) in [5.74, 6) is -0.259. The Kier molecular flexibility index (Phi) is 5.08. The van der Waals surface area contributed by atoms with Crippen molar-refractivity contribution in [3.8, 4) is 5.75 Å². The molecule has 21 heavy (non-hydrogen) atoms. The van der Waals surface area contributed by atoms with Gasteiger partial charge in [0.2, 0.25) is 0 Å². The normalized spacial score (nSPS) is 23.5. The van der Waals surface area contributed by atoms with E-state index in [0.717, 1.165) is 18.4 Å². The van der Waals surface area contributed by atoms with E-state index in [1.54, 1.807) is 12.1 Å². The van der Waals surface area contributed by atoms with Crippen LogP contribution in [0.4, 0.5) is 13.2 Å². The maximum atomic E-state index is 12.1. The summed E-state index contributed by atoms with van der Waals surface area (Å²) in [4.78, 5) is 1.99. The Labute approximate surface area is 120 Å². The van der Waals surface area contributed by atoms with Crippen LogP contribution >= 0.6 is 0 Å². The number of aliphatic hydroxyl groups excluding tert-OH is 2. The molecule has 1 aliphatic heterocycles. The molecule has 2 rings (SSSR count). The summed E-state index contributed by atoms with van der Waals surface area (Å²) in [6, 6.07) is 5.60. The molecule has 1 fully saturated rings. The van der Waals surface area contributed by atoms with Gasteiger partial charge in [-0.25, -0.2) is 0 Å². The summed E-state index contributed by atoms with van der Waals surface area (Å²) in [5.41, 5.74) is 0.809. The summed E-state index contributed by atoms with van der Waals surface area (Å²) >= 11 is 0. The first-order valence-electron chi connectivity index (χ1n) is 6.75. The van der Waals surface area contributed by atoms with Crippen LogP contribution in [0.3, 0.4) is 0 Å². The number of benzene rings is 1. The molecule has 2 N–H and O–H groups in total. The van der Waals surface area contributed by atoms with Gasteiger partial charge in [-0.15, -0.1) is 13.2 Å². The predicted octanol–water partition coefficient (Wildman–Crippen LogP) is 1.90.